The summed E-state index contributed by atoms with van der Waals surface area (Å²) >= 11 is 0. The number of aromatic nitrogens is 5. The van der Waals surface area contributed by atoms with Crippen LogP contribution in [0.4, 0.5) is 0 Å². The van der Waals surface area contributed by atoms with Gasteiger partial charge in [-0.15, -0.1) is 5.10 Å². The SMILES string of the molecule is CCCn1c(=O)c2c(nnn2C2CCCCC2O)n(CCC)c1=O. The zero-order valence-corrected chi connectivity index (χ0v) is 14.3. The highest BCUT2D eigenvalue weighted by Gasteiger charge is 2.29. The lowest BCUT2D eigenvalue weighted by Crippen LogP contribution is -2.41. The van der Waals surface area contributed by atoms with E-state index in [0.29, 0.717) is 37.1 Å². The van der Waals surface area contributed by atoms with Gasteiger partial charge in [-0.25, -0.2) is 9.48 Å². The number of nitrogens with zero attached hydrogens (tertiary/aromatic N) is 5. The van der Waals surface area contributed by atoms with Gasteiger partial charge in [0.25, 0.3) is 5.56 Å². The standard InChI is InChI=1S/C16H25N5O3/c1-3-9-19-14-13(15(23)20(10-4-2)16(19)24)21(18-17-14)11-7-5-6-8-12(11)22/h11-12,22H,3-10H2,1-2H3. The Morgan fingerprint density at radius 1 is 1.08 bits per heavy atom. The monoisotopic (exact) mass is 335 g/mol. The molecule has 2 unspecified atom stereocenters. The number of hydrogen-bond donors (Lipinski definition) is 1. The van der Waals surface area contributed by atoms with Gasteiger partial charge >= 0.3 is 5.69 Å². The molecule has 8 heteroatoms. The molecule has 24 heavy (non-hydrogen) atoms. The van der Waals surface area contributed by atoms with Gasteiger partial charge in [-0.3, -0.25) is 13.9 Å². The van der Waals surface area contributed by atoms with E-state index in [9.17, 15) is 14.7 Å². The van der Waals surface area contributed by atoms with Crippen molar-refractivity contribution in [3.8, 4) is 0 Å². The molecule has 1 fully saturated rings. The maximum Gasteiger partial charge on any atom is 0.332 e. The molecule has 2 aromatic heterocycles. The van der Waals surface area contributed by atoms with Crippen LogP contribution in [0, 0.1) is 0 Å². The highest BCUT2D eigenvalue weighted by atomic mass is 16.3. The third-order valence-corrected chi connectivity index (χ3v) is 4.74. The molecule has 3 rings (SSSR count). The van der Waals surface area contributed by atoms with Gasteiger partial charge in [-0.05, 0) is 25.7 Å². The Bertz CT molecular complexity index is 835. The fourth-order valence-corrected chi connectivity index (χ4v) is 3.57. The van der Waals surface area contributed by atoms with Crippen LogP contribution in [-0.4, -0.2) is 35.3 Å². The van der Waals surface area contributed by atoms with E-state index in [1.165, 1.54) is 9.13 Å². The topological polar surface area (TPSA) is 94.9 Å². The van der Waals surface area contributed by atoms with E-state index in [1.54, 1.807) is 4.68 Å². The second kappa shape index (κ2) is 6.88. The summed E-state index contributed by atoms with van der Waals surface area (Å²) in [4.78, 5) is 25.5. The lowest BCUT2D eigenvalue weighted by atomic mass is 9.93. The number of rotatable bonds is 5. The molecule has 1 saturated carbocycles. The number of hydrogen-bond acceptors (Lipinski definition) is 5. The molecule has 8 nitrogen and oxygen atoms in total. The highest BCUT2D eigenvalue weighted by molar-refractivity contribution is 5.69. The maximum atomic E-state index is 12.9. The van der Waals surface area contributed by atoms with Gasteiger partial charge in [0.05, 0.1) is 12.1 Å². The van der Waals surface area contributed by atoms with Crippen LogP contribution in [0.5, 0.6) is 0 Å². The second-order valence-electron chi connectivity index (χ2n) is 6.52. The Kier molecular flexibility index (Phi) is 4.84. The lowest BCUT2D eigenvalue weighted by molar-refractivity contribution is 0.0705. The fraction of sp³-hybridized carbons (Fsp3) is 0.750. The Balaban J connectivity index is 2.26. The van der Waals surface area contributed by atoms with E-state index in [0.717, 1.165) is 25.7 Å². The van der Waals surface area contributed by atoms with Crippen molar-refractivity contribution in [2.24, 2.45) is 0 Å². The van der Waals surface area contributed by atoms with Gasteiger partial charge in [-0.1, -0.05) is 31.9 Å². The van der Waals surface area contributed by atoms with Crippen molar-refractivity contribution in [3.63, 3.8) is 0 Å². The highest BCUT2D eigenvalue weighted by Crippen LogP contribution is 2.29. The van der Waals surface area contributed by atoms with Gasteiger partial charge in [0.1, 0.15) is 0 Å². The average Bonchev–Trinajstić information content (AvgIpc) is 3.00. The average molecular weight is 335 g/mol. The van der Waals surface area contributed by atoms with Crippen molar-refractivity contribution in [2.75, 3.05) is 0 Å². The van der Waals surface area contributed by atoms with Gasteiger partial charge in [0, 0.05) is 13.1 Å². The summed E-state index contributed by atoms with van der Waals surface area (Å²) < 4.78 is 4.36. The Labute approximate surface area is 139 Å². The zero-order chi connectivity index (χ0) is 17.3. The van der Waals surface area contributed by atoms with E-state index in [-0.39, 0.29) is 17.3 Å². The summed E-state index contributed by atoms with van der Waals surface area (Å²) in [5.74, 6) is 0. The van der Waals surface area contributed by atoms with Gasteiger partial charge in [0.15, 0.2) is 11.2 Å². The van der Waals surface area contributed by atoms with E-state index in [4.69, 9.17) is 0 Å². The van der Waals surface area contributed by atoms with Gasteiger partial charge in [0.2, 0.25) is 0 Å². The molecule has 132 valence electrons. The number of aryl methyl sites for hydroxylation is 1. The third-order valence-electron chi connectivity index (χ3n) is 4.74. The summed E-state index contributed by atoms with van der Waals surface area (Å²) in [6, 6.07) is -0.251. The molecule has 2 atom stereocenters. The summed E-state index contributed by atoms with van der Waals surface area (Å²) in [5, 5.41) is 18.6. The van der Waals surface area contributed by atoms with Crippen LogP contribution in [-0.2, 0) is 13.1 Å². The molecule has 1 aliphatic rings. The Hall–Kier alpha value is -1.96. The minimum Gasteiger partial charge on any atom is -0.391 e. The molecule has 1 N–H and O–H groups in total. The fourth-order valence-electron chi connectivity index (χ4n) is 3.57. The Morgan fingerprint density at radius 2 is 1.75 bits per heavy atom. The molecule has 0 saturated heterocycles. The molecular weight excluding hydrogens is 310 g/mol. The molecule has 2 heterocycles. The quantitative estimate of drug-likeness (QED) is 0.881. The first-order valence-corrected chi connectivity index (χ1v) is 8.86. The summed E-state index contributed by atoms with van der Waals surface area (Å²) in [7, 11) is 0. The van der Waals surface area contributed by atoms with E-state index in [2.05, 4.69) is 10.3 Å². The smallest absolute Gasteiger partial charge is 0.332 e. The van der Waals surface area contributed by atoms with Crippen LogP contribution in [0.15, 0.2) is 9.59 Å². The zero-order valence-electron chi connectivity index (χ0n) is 14.3. The summed E-state index contributed by atoms with van der Waals surface area (Å²) in [6.07, 6.45) is 4.35. The molecular formula is C16H25N5O3. The van der Waals surface area contributed by atoms with Crippen molar-refractivity contribution in [1.29, 1.82) is 0 Å². The maximum absolute atomic E-state index is 12.9. The van der Waals surface area contributed by atoms with Crippen molar-refractivity contribution < 1.29 is 5.11 Å². The van der Waals surface area contributed by atoms with Crippen LogP contribution >= 0.6 is 0 Å². The van der Waals surface area contributed by atoms with Crippen molar-refractivity contribution in [3.05, 3.63) is 20.8 Å². The molecule has 0 spiro atoms. The first-order valence-electron chi connectivity index (χ1n) is 8.86. The van der Waals surface area contributed by atoms with Crippen molar-refractivity contribution in [1.82, 2.24) is 24.1 Å². The molecule has 0 aromatic carbocycles. The number of aliphatic hydroxyl groups excluding tert-OH is 1. The third kappa shape index (κ3) is 2.68. The minimum atomic E-state index is -0.533. The van der Waals surface area contributed by atoms with E-state index < -0.39 is 6.10 Å². The molecule has 2 aromatic rings. The molecule has 0 radical (unpaired) electrons. The summed E-state index contributed by atoms with van der Waals surface area (Å²) in [5.41, 5.74) is -0.0150. The van der Waals surface area contributed by atoms with Gasteiger partial charge in [-0.2, -0.15) is 0 Å². The van der Waals surface area contributed by atoms with Gasteiger partial charge < -0.3 is 5.11 Å². The molecule has 0 amide bonds. The molecule has 0 aliphatic heterocycles. The second-order valence-corrected chi connectivity index (χ2v) is 6.52. The van der Waals surface area contributed by atoms with E-state index in [1.807, 2.05) is 13.8 Å². The largest absolute Gasteiger partial charge is 0.391 e. The molecule has 1 aliphatic carbocycles. The summed E-state index contributed by atoms with van der Waals surface area (Å²) in [6.45, 7) is 4.77. The Morgan fingerprint density at radius 3 is 2.42 bits per heavy atom. The van der Waals surface area contributed by atoms with E-state index >= 15 is 0 Å². The van der Waals surface area contributed by atoms with Crippen LogP contribution in [0.2, 0.25) is 0 Å². The number of fused-ring (bicyclic) bond motifs is 1. The first-order chi connectivity index (χ1) is 11.6. The predicted octanol–water partition coefficient (Wildman–Crippen LogP) is 1.05. The minimum absolute atomic E-state index is 0.251. The first kappa shape index (κ1) is 16.9. The lowest BCUT2D eigenvalue weighted by Gasteiger charge is -2.27. The van der Waals surface area contributed by atoms with Crippen molar-refractivity contribution in [2.45, 2.75) is 77.6 Å². The van der Waals surface area contributed by atoms with Crippen molar-refractivity contribution >= 4 is 11.2 Å². The van der Waals surface area contributed by atoms with Crippen LogP contribution in [0.3, 0.4) is 0 Å². The predicted molar refractivity (Wildman–Crippen MR) is 90.1 cm³/mol. The molecule has 0 bridgehead atoms. The van der Waals surface area contributed by atoms with Crippen LogP contribution in [0.1, 0.15) is 58.4 Å². The van der Waals surface area contributed by atoms with Crippen LogP contribution < -0.4 is 11.2 Å². The van der Waals surface area contributed by atoms with Crippen LogP contribution in [0.25, 0.3) is 11.2 Å². The normalized spacial score (nSPS) is 21.5. The number of aliphatic hydroxyl groups is 1.